The predicted molar refractivity (Wildman–Crippen MR) is 44.4 cm³/mol. The number of aromatic hydroxyl groups is 1. The summed E-state index contributed by atoms with van der Waals surface area (Å²) in [5.41, 5.74) is 0.361. The number of nitrogens with zero attached hydrogens (tertiary/aromatic N) is 2. The summed E-state index contributed by atoms with van der Waals surface area (Å²) < 4.78 is 4.70. The van der Waals surface area contributed by atoms with E-state index in [0.29, 0.717) is 5.69 Å². The van der Waals surface area contributed by atoms with Crippen LogP contribution in [0.5, 0.6) is 5.75 Å². The van der Waals surface area contributed by atoms with Crippen molar-refractivity contribution < 1.29 is 14.6 Å². The highest BCUT2D eigenvalue weighted by molar-refractivity contribution is 5.92. The fraction of sp³-hybridized carbons (Fsp3) is 0.375. The molecule has 0 saturated heterocycles. The molecule has 0 atom stereocenters. The van der Waals surface area contributed by atoms with E-state index >= 15 is 0 Å². The molecule has 13 heavy (non-hydrogen) atoms. The third kappa shape index (κ3) is 1.93. The molecule has 1 aromatic heterocycles. The van der Waals surface area contributed by atoms with Crippen LogP contribution in [0.3, 0.4) is 0 Å². The van der Waals surface area contributed by atoms with Gasteiger partial charge in [-0.3, -0.25) is 0 Å². The maximum atomic E-state index is 11.2. The fourth-order valence-electron chi connectivity index (χ4n) is 0.835. The van der Waals surface area contributed by atoms with Crippen LogP contribution in [0.25, 0.3) is 0 Å². The fourth-order valence-corrected chi connectivity index (χ4v) is 0.835. The number of esters is 1. The zero-order valence-electron chi connectivity index (χ0n) is 7.44. The highest BCUT2D eigenvalue weighted by Crippen LogP contribution is 2.18. The van der Waals surface area contributed by atoms with E-state index in [1.165, 1.54) is 6.20 Å². The van der Waals surface area contributed by atoms with Gasteiger partial charge >= 0.3 is 5.97 Å². The third-order valence-corrected chi connectivity index (χ3v) is 1.49. The molecule has 1 heterocycles. The summed E-state index contributed by atoms with van der Waals surface area (Å²) in [7, 11) is 0. The topological polar surface area (TPSA) is 72.3 Å². The van der Waals surface area contributed by atoms with Crippen molar-refractivity contribution in [2.75, 3.05) is 6.61 Å². The lowest BCUT2D eigenvalue weighted by Crippen LogP contribution is -2.06. The number of aromatic nitrogens is 2. The molecule has 0 radical (unpaired) electrons. The van der Waals surface area contributed by atoms with E-state index in [1.54, 1.807) is 13.8 Å². The van der Waals surface area contributed by atoms with Crippen LogP contribution in [0.4, 0.5) is 0 Å². The van der Waals surface area contributed by atoms with Gasteiger partial charge in [-0.2, -0.15) is 10.2 Å². The Morgan fingerprint density at radius 1 is 1.69 bits per heavy atom. The number of ether oxygens (including phenoxy) is 1. The Hall–Kier alpha value is -1.65. The van der Waals surface area contributed by atoms with Crippen molar-refractivity contribution in [3.63, 3.8) is 0 Å². The van der Waals surface area contributed by atoms with Crippen molar-refractivity contribution >= 4 is 5.97 Å². The van der Waals surface area contributed by atoms with Crippen molar-refractivity contribution in [1.82, 2.24) is 10.2 Å². The minimum Gasteiger partial charge on any atom is -0.505 e. The van der Waals surface area contributed by atoms with Gasteiger partial charge in [0.1, 0.15) is 11.3 Å². The Bertz CT molecular complexity index is 325. The zero-order valence-corrected chi connectivity index (χ0v) is 7.44. The van der Waals surface area contributed by atoms with Crippen molar-refractivity contribution in [2.24, 2.45) is 0 Å². The first-order valence-electron chi connectivity index (χ1n) is 3.85. The maximum absolute atomic E-state index is 11.2. The summed E-state index contributed by atoms with van der Waals surface area (Å²) >= 11 is 0. The Balaban J connectivity index is 3.01. The van der Waals surface area contributed by atoms with Crippen LogP contribution >= 0.6 is 0 Å². The van der Waals surface area contributed by atoms with E-state index in [4.69, 9.17) is 4.74 Å². The summed E-state index contributed by atoms with van der Waals surface area (Å²) in [6.07, 6.45) is 1.18. The van der Waals surface area contributed by atoms with Crippen LogP contribution in [0.15, 0.2) is 6.20 Å². The first-order valence-corrected chi connectivity index (χ1v) is 3.85. The summed E-state index contributed by atoms with van der Waals surface area (Å²) in [6.45, 7) is 3.52. The van der Waals surface area contributed by atoms with E-state index in [-0.39, 0.29) is 17.9 Å². The molecule has 0 aliphatic carbocycles. The molecule has 1 N–H and O–H groups in total. The van der Waals surface area contributed by atoms with Crippen LogP contribution in [-0.4, -0.2) is 27.9 Å². The summed E-state index contributed by atoms with van der Waals surface area (Å²) in [6, 6.07) is 0. The lowest BCUT2D eigenvalue weighted by atomic mass is 10.2. The van der Waals surface area contributed by atoms with Gasteiger partial charge in [-0.05, 0) is 13.8 Å². The first-order chi connectivity index (χ1) is 6.16. The zero-order chi connectivity index (χ0) is 9.84. The van der Waals surface area contributed by atoms with Gasteiger partial charge in [0.15, 0.2) is 5.75 Å². The normalized spacial score (nSPS) is 9.69. The third-order valence-electron chi connectivity index (χ3n) is 1.49. The highest BCUT2D eigenvalue weighted by Gasteiger charge is 2.14. The van der Waals surface area contributed by atoms with Crippen molar-refractivity contribution in [2.45, 2.75) is 13.8 Å². The smallest absolute Gasteiger partial charge is 0.343 e. The van der Waals surface area contributed by atoms with E-state index in [1.807, 2.05) is 0 Å². The molecule has 0 bridgehead atoms. The lowest BCUT2D eigenvalue weighted by molar-refractivity contribution is 0.0522. The molecule has 1 aromatic rings. The Morgan fingerprint density at radius 3 is 3.00 bits per heavy atom. The molecule has 5 heteroatoms. The summed E-state index contributed by atoms with van der Waals surface area (Å²) in [5, 5.41) is 16.5. The average Bonchev–Trinajstić information content (AvgIpc) is 2.10. The van der Waals surface area contributed by atoms with Gasteiger partial charge in [0.25, 0.3) is 0 Å². The van der Waals surface area contributed by atoms with Crippen molar-refractivity contribution in [1.29, 1.82) is 0 Å². The quantitative estimate of drug-likeness (QED) is 0.680. The number of hydrogen-bond acceptors (Lipinski definition) is 5. The summed E-state index contributed by atoms with van der Waals surface area (Å²) in [5.74, 6) is -0.758. The average molecular weight is 182 g/mol. The molecule has 0 saturated carbocycles. The molecule has 70 valence electrons. The van der Waals surface area contributed by atoms with Gasteiger partial charge in [-0.25, -0.2) is 4.79 Å². The largest absolute Gasteiger partial charge is 0.505 e. The summed E-state index contributed by atoms with van der Waals surface area (Å²) in [4.78, 5) is 11.2. The van der Waals surface area contributed by atoms with Gasteiger partial charge in [0.2, 0.25) is 0 Å². The molecule has 0 fully saturated rings. The van der Waals surface area contributed by atoms with Gasteiger partial charge in [0.05, 0.1) is 12.8 Å². The molecule has 0 spiro atoms. The number of aryl methyl sites for hydroxylation is 1. The lowest BCUT2D eigenvalue weighted by Gasteiger charge is -2.03. The van der Waals surface area contributed by atoms with Crippen LogP contribution in [0.1, 0.15) is 23.0 Å². The van der Waals surface area contributed by atoms with Gasteiger partial charge in [0, 0.05) is 0 Å². The number of hydrogen-bond donors (Lipinski definition) is 1. The van der Waals surface area contributed by atoms with E-state index < -0.39 is 5.97 Å². The molecule has 0 unspecified atom stereocenters. The second kappa shape index (κ2) is 3.84. The van der Waals surface area contributed by atoms with Crippen LogP contribution < -0.4 is 0 Å². The molecule has 0 amide bonds. The minimum atomic E-state index is -0.585. The van der Waals surface area contributed by atoms with E-state index in [2.05, 4.69) is 10.2 Å². The van der Waals surface area contributed by atoms with Gasteiger partial charge < -0.3 is 9.84 Å². The molecule has 5 nitrogen and oxygen atoms in total. The minimum absolute atomic E-state index is 0.0503. The molecule has 0 aromatic carbocycles. The molecule has 0 aliphatic heterocycles. The molecular formula is C8H10N2O3. The Labute approximate surface area is 75.4 Å². The highest BCUT2D eigenvalue weighted by atomic mass is 16.5. The standard InChI is InChI=1S/C8H10N2O3/c1-3-13-8(12)6-4-9-10-5(2)7(6)11/h4H,3H2,1-2H3,(H,9,11). The number of carbonyl (C=O) groups excluding carboxylic acids is 1. The second-order valence-electron chi connectivity index (χ2n) is 2.41. The van der Waals surface area contributed by atoms with Crippen LogP contribution in [0.2, 0.25) is 0 Å². The Morgan fingerprint density at radius 2 is 2.38 bits per heavy atom. The van der Waals surface area contributed by atoms with Crippen molar-refractivity contribution in [3.8, 4) is 5.75 Å². The van der Waals surface area contributed by atoms with Gasteiger partial charge in [-0.1, -0.05) is 0 Å². The van der Waals surface area contributed by atoms with Crippen molar-refractivity contribution in [3.05, 3.63) is 17.5 Å². The molecule has 1 rings (SSSR count). The monoisotopic (exact) mass is 182 g/mol. The predicted octanol–water partition coefficient (Wildman–Crippen LogP) is 0.667. The van der Waals surface area contributed by atoms with Crippen LogP contribution in [-0.2, 0) is 4.74 Å². The Kier molecular flexibility index (Phi) is 2.79. The SMILES string of the molecule is CCOC(=O)c1cnnc(C)c1O. The van der Waals surface area contributed by atoms with E-state index in [0.717, 1.165) is 0 Å². The van der Waals surface area contributed by atoms with Crippen LogP contribution in [0, 0.1) is 6.92 Å². The first kappa shape index (κ1) is 9.44. The molecular weight excluding hydrogens is 172 g/mol. The molecule has 0 aliphatic rings. The maximum Gasteiger partial charge on any atom is 0.343 e. The van der Waals surface area contributed by atoms with E-state index in [9.17, 15) is 9.90 Å². The number of rotatable bonds is 2. The van der Waals surface area contributed by atoms with Gasteiger partial charge in [-0.15, -0.1) is 0 Å². The second-order valence-corrected chi connectivity index (χ2v) is 2.41. The number of carbonyl (C=O) groups is 1.